The van der Waals surface area contributed by atoms with Gasteiger partial charge in [0.1, 0.15) is 29.2 Å². The first-order chi connectivity index (χ1) is 17.9. The predicted octanol–water partition coefficient (Wildman–Crippen LogP) is 4.54. The van der Waals surface area contributed by atoms with Crippen molar-refractivity contribution in [1.29, 1.82) is 0 Å². The third kappa shape index (κ3) is 4.99. The molecule has 1 fully saturated rings. The zero-order valence-electron chi connectivity index (χ0n) is 20.1. The second kappa shape index (κ2) is 10.3. The van der Waals surface area contributed by atoms with E-state index in [9.17, 15) is 19.1 Å². The monoisotopic (exact) mass is 504 g/mol. The van der Waals surface area contributed by atoms with Crippen LogP contribution in [0.1, 0.15) is 15.9 Å². The van der Waals surface area contributed by atoms with Crippen molar-refractivity contribution in [3.8, 4) is 17.2 Å². The van der Waals surface area contributed by atoms with E-state index < -0.39 is 5.97 Å². The summed E-state index contributed by atoms with van der Waals surface area (Å²) in [6, 6.07) is 15.9. The van der Waals surface area contributed by atoms with Crippen LogP contribution in [0.15, 0.2) is 76.1 Å². The molecule has 3 aromatic carbocycles. The fourth-order valence-electron chi connectivity index (χ4n) is 4.44. The lowest BCUT2D eigenvalue weighted by molar-refractivity contribution is 0.0600. The number of halogens is 1. The van der Waals surface area contributed by atoms with E-state index in [-0.39, 0.29) is 33.7 Å². The maximum Gasteiger partial charge on any atom is 0.337 e. The summed E-state index contributed by atoms with van der Waals surface area (Å²) >= 11 is 0. The van der Waals surface area contributed by atoms with Crippen LogP contribution >= 0.6 is 0 Å². The largest absolute Gasteiger partial charge is 0.507 e. The van der Waals surface area contributed by atoms with Crippen molar-refractivity contribution in [2.45, 2.75) is 6.54 Å². The molecule has 1 aliphatic heterocycles. The molecule has 5 rings (SSSR count). The summed E-state index contributed by atoms with van der Waals surface area (Å²) in [5, 5.41) is 10.9. The van der Waals surface area contributed by atoms with Gasteiger partial charge in [-0.2, -0.15) is 0 Å². The summed E-state index contributed by atoms with van der Waals surface area (Å²) in [5.74, 6) is -0.363. The molecule has 0 atom stereocenters. The van der Waals surface area contributed by atoms with E-state index in [2.05, 4.69) is 9.64 Å². The Balaban J connectivity index is 1.34. The van der Waals surface area contributed by atoms with Gasteiger partial charge in [0.25, 0.3) is 0 Å². The molecule has 9 heteroatoms. The van der Waals surface area contributed by atoms with Gasteiger partial charge >= 0.3 is 5.97 Å². The van der Waals surface area contributed by atoms with Crippen molar-refractivity contribution in [1.82, 2.24) is 4.90 Å². The summed E-state index contributed by atoms with van der Waals surface area (Å²) in [6.45, 7) is 2.92. The lowest BCUT2D eigenvalue weighted by atomic mass is 10.1. The number of rotatable bonds is 6. The highest BCUT2D eigenvalue weighted by molar-refractivity contribution is 5.89. The maximum absolute atomic E-state index is 14.2. The third-order valence-corrected chi connectivity index (χ3v) is 6.44. The summed E-state index contributed by atoms with van der Waals surface area (Å²) in [4.78, 5) is 28.9. The summed E-state index contributed by atoms with van der Waals surface area (Å²) in [7, 11) is 1.30. The molecule has 4 aromatic rings. The predicted molar refractivity (Wildman–Crippen MR) is 136 cm³/mol. The Kier molecular flexibility index (Phi) is 6.78. The number of para-hydroxylation sites is 1. The highest BCUT2D eigenvalue weighted by Gasteiger charge is 2.22. The van der Waals surface area contributed by atoms with Gasteiger partial charge in [0.05, 0.1) is 29.3 Å². The quantitative estimate of drug-likeness (QED) is 0.383. The van der Waals surface area contributed by atoms with Crippen molar-refractivity contribution in [2.75, 3.05) is 38.2 Å². The smallest absolute Gasteiger partial charge is 0.337 e. The number of fused-ring (bicyclic) bond motifs is 1. The first-order valence-corrected chi connectivity index (χ1v) is 11.8. The van der Waals surface area contributed by atoms with E-state index >= 15 is 0 Å². The Morgan fingerprint density at radius 2 is 1.76 bits per heavy atom. The maximum atomic E-state index is 14.2. The van der Waals surface area contributed by atoms with E-state index in [1.807, 2.05) is 11.0 Å². The van der Waals surface area contributed by atoms with Crippen LogP contribution in [-0.2, 0) is 11.3 Å². The fraction of sp³-hybridized carbons (Fsp3) is 0.214. The van der Waals surface area contributed by atoms with Crippen LogP contribution in [0.3, 0.4) is 0 Å². The molecule has 1 aliphatic rings. The Bertz CT molecular complexity index is 1490. The molecular formula is C28H25FN2O6. The van der Waals surface area contributed by atoms with Gasteiger partial charge in [-0.05, 0) is 48.5 Å². The Morgan fingerprint density at radius 1 is 1.03 bits per heavy atom. The van der Waals surface area contributed by atoms with E-state index in [0.29, 0.717) is 55.3 Å². The highest BCUT2D eigenvalue weighted by atomic mass is 19.1. The van der Waals surface area contributed by atoms with Crippen molar-refractivity contribution >= 4 is 22.6 Å². The number of nitrogens with zero attached hydrogens (tertiary/aromatic N) is 2. The molecule has 190 valence electrons. The zero-order valence-corrected chi connectivity index (χ0v) is 20.1. The number of hydrogen-bond acceptors (Lipinski definition) is 8. The minimum atomic E-state index is -0.474. The third-order valence-electron chi connectivity index (χ3n) is 6.44. The molecule has 0 unspecified atom stereocenters. The van der Waals surface area contributed by atoms with Gasteiger partial charge in [0.2, 0.25) is 11.2 Å². The topological polar surface area (TPSA) is 92.5 Å². The zero-order chi connectivity index (χ0) is 25.9. The SMILES string of the molecule is COC(=O)c1ccc(Oc2coc3c(CN4CCN(c5ccccc5F)CC4)c(O)ccc3c2=O)cc1. The van der Waals surface area contributed by atoms with Crippen LogP contribution < -0.4 is 15.1 Å². The fourth-order valence-corrected chi connectivity index (χ4v) is 4.44. The molecule has 0 bridgehead atoms. The van der Waals surface area contributed by atoms with E-state index in [4.69, 9.17) is 9.15 Å². The minimum absolute atomic E-state index is 0.0199. The molecule has 2 heterocycles. The number of phenols is 1. The lowest BCUT2D eigenvalue weighted by Gasteiger charge is -2.36. The molecule has 0 spiro atoms. The molecule has 8 nitrogen and oxygen atoms in total. The van der Waals surface area contributed by atoms with Gasteiger partial charge < -0.3 is 23.9 Å². The summed E-state index contributed by atoms with van der Waals surface area (Å²) in [6.07, 6.45) is 1.22. The highest BCUT2D eigenvalue weighted by Crippen LogP contribution is 2.30. The molecule has 1 saturated heterocycles. The number of carbonyl (C=O) groups is 1. The number of carbonyl (C=O) groups excluding carboxylic acids is 1. The van der Waals surface area contributed by atoms with E-state index in [1.54, 1.807) is 24.3 Å². The number of esters is 1. The normalized spacial score (nSPS) is 14.1. The first kappa shape index (κ1) is 24.3. The minimum Gasteiger partial charge on any atom is -0.507 e. The molecule has 0 amide bonds. The van der Waals surface area contributed by atoms with E-state index in [0.717, 1.165) is 0 Å². The lowest BCUT2D eigenvalue weighted by Crippen LogP contribution is -2.46. The Labute approximate surface area is 212 Å². The van der Waals surface area contributed by atoms with Crippen molar-refractivity contribution in [3.05, 3.63) is 94.1 Å². The summed E-state index contributed by atoms with van der Waals surface area (Å²) in [5.41, 5.74) is 1.34. The molecule has 0 radical (unpaired) electrons. The van der Waals surface area contributed by atoms with E-state index in [1.165, 1.54) is 43.7 Å². The van der Waals surface area contributed by atoms with Crippen LogP contribution in [0.4, 0.5) is 10.1 Å². The van der Waals surface area contributed by atoms with Crippen molar-refractivity contribution in [2.24, 2.45) is 0 Å². The van der Waals surface area contributed by atoms with Gasteiger partial charge in [0.15, 0.2) is 0 Å². The number of ether oxygens (including phenoxy) is 2. The van der Waals surface area contributed by atoms with Gasteiger partial charge in [0, 0.05) is 32.7 Å². The average molecular weight is 505 g/mol. The van der Waals surface area contributed by atoms with Crippen molar-refractivity contribution in [3.63, 3.8) is 0 Å². The number of benzene rings is 3. The second-order valence-electron chi connectivity index (χ2n) is 8.70. The van der Waals surface area contributed by atoms with Crippen LogP contribution in [0.25, 0.3) is 11.0 Å². The number of piperazine rings is 1. The number of aromatic hydroxyl groups is 1. The molecule has 1 N–H and O–H groups in total. The first-order valence-electron chi connectivity index (χ1n) is 11.8. The van der Waals surface area contributed by atoms with Gasteiger partial charge in [-0.15, -0.1) is 0 Å². The van der Waals surface area contributed by atoms with Gasteiger partial charge in [-0.25, -0.2) is 9.18 Å². The van der Waals surface area contributed by atoms with Crippen LogP contribution in [0.2, 0.25) is 0 Å². The molecule has 37 heavy (non-hydrogen) atoms. The number of methoxy groups -OCH3 is 1. The van der Waals surface area contributed by atoms with Crippen LogP contribution in [-0.4, -0.2) is 49.3 Å². The molecule has 1 aromatic heterocycles. The van der Waals surface area contributed by atoms with Gasteiger partial charge in [-0.3, -0.25) is 9.69 Å². The average Bonchev–Trinajstić information content (AvgIpc) is 2.92. The molecule has 0 saturated carbocycles. The molecule has 0 aliphatic carbocycles. The Hall–Kier alpha value is -4.37. The number of anilines is 1. The van der Waals surface area contributed by atoms with Crippen LogP contribution in [0, 0.1) is 5.82 Å². The summed E-state index contributed by atoms with van der Waals surface area (Å²) < 4.78 is 30.3. The van der Waals surface area contributed by atoms with Crippen molar-refractivity contribution < 1.29 is 28.2 Å². The number of phenolic OH excluding ortho intramolecular Hbond substituents is 1. The standard InChI is InChI=1S/C28H25FN2O6/c1-35-28(34)18-6-8-19(9-7-18)37-25-17-36-27-20(26(25)33)10-11-24(32)21(27)16-30-12-14-31(15-13-30)23-5-3-2-4-22(23)29/h2-11,17,32H,12-16H2,1H3. The number of hydrogen-bond donors (Lipinski definition) is 1. The second-order valence-corrected chi connectivity index (χ2v) is 8.70. The van der Waals surface area contributed by atoms with Gasteiger partial charge in [-0.1, -0.05) is 12.1 Å². The molecular weight excluding hydrogens is 479 g/mol. The van der Waals surface area contributed by atoms with Crippen LogP contribution in [0.5, 0.6) is 17.2 Å². The Morgan fingerprint density at radius 3 is 2.46 bits per heavy atom.